The molecule has 0 aromatic rings. The first-order chi connectivity index (χ1) is 8.78. The lowest BCUT2D eigenvalue weighted by atomic mass is 9.97. The van der Waals surface area contributed by atoms with Gasteiger partial charge in [0.2, 0.25) is 0 Å². The molecule has 0 amide bonds. The molecule has 0 radical (unpaired) electrons. The lowest BCUT2D eigenvalue weighted by molar-refractivity contribution is -0.140. The van der Waals surface area contributed by atoms with Gasteiger partial charge < -0.3 is 15.0 Å². The number of hydrogen-bond donors (Lipinski definition) is 1. The van der Waals surface area contributed by atoms with Gasteiger partial charge in [-0.2, -0.15) is 0 Å². The van der Waals surface area contributed by atoms with Crippen molar-refractivity contribution in [1.82, 2.24) is 10.2 Å². The Bertz CT molecular complexity index is 267. The molecule has 104 valence electrons. The summed E-state index contributed by atoms with van der Waals surface area (Å²) in [4.78, 5) is 13.6. The monoisotopic (exact) mass is 254 g/mol. The molecule has 0 bridgehead atoms. The molecule has 0 spiro atoms. The van der Waals surface area contributed by atoms with Gasteiger partial charge in [0, 0.05) is 19.0 Å². The lowest BCUT2D eigenvalue weighted by Crippen LogP contribution is -2.40. The van der Waals surface area contributed by atoms with Crippen LogP contribution in [-0.4, -0.2) is 50.2 Å². The second kappa shape index (κ2) is 7.10. The molecule has 1 atom stereocenters. The van der Waals surface area contributed by atoms with Crippen LogP contribution in [0.25, 0.3) is 0 Å². The van der Waals surface area contributed by atoms with Crippen LogP contribution in [0.4, 0.5) is 0 Å². The standard InChI is InChI=1S/C14H26N2O2/c1-18-14(17)5-3-9-16-8-2-4-12(11-16)10-15-13-6-7-13/h12-13,15H,2-11H2,1H3. The van der Waals surface area contributed by atoms with E-state index in [1.807, 2.05) is 0 Å². The summed E-state index contributed by atoms with van der Waals surface area (Å²) in [6.07, 6.45) is 6.88. The molecule has 1 unspecified atom stereocenters. The number of piperidine rings is 1. The minimum absolute atomic E-state index is 0.0843. The van der Waals surface area contributed by atoms with Gasteiger partial charge in [0.15, 0.2) is 0 Å². The molecule has 1 heterocycles. The second-order valence-electron chi connectivity index (χ2n) is 5.67. The van der Waals surface area contributed by atoms with Crippen molar-refractivity contribution in [2.24, 2.45) is 5.92 Å². The molecule has 0 aromatic heterocycles. The van der Waals surface area contributed by atoms with Gasteiger partial charge in [0.25, 0.3) is 0 Å². The summed E-state index contributed by atoms with van der Waals surface area (Å²) in [5.41, 5.74) is 0. The van der Waals surface area contributed by atoms with Crippen LogP contribution in [0.3, 0.4) is 0 Å². The number of rotatable bonds is 7. The topological polar surface area (TPSA) is 41.6 Å². The van der Waals surface area contributed by atoms with Gasteiger partial charge in [0.05, 0.1) is 7.11 Å². The van der Waals surface area contributed by atoms with E-state index in [9.17, 15) is 4.79 Å². The van der Waals surface area contributed by atoms with Crippen LogP contribution in [0, 0.1) is 5.92 Å². The molecule has 4 heteroatoms. The van der Waals surface area contributed by atoms with E-state index in [-0.39, 0.29) is 5.97 Å². The number of likely N-dealkylation sites (tertiary alicyclic amines) is 1. The van der Waals surface area contributed by atoms with E-state index in [1.165, 1.54) is 52.4 Å². The Kier molecular flexibility index (Phi) is 5.45. The lowest BCUT2D eigenvalue weighted by Gasteiger charge is -2.32. The summed E-state index contributed by atoms with van der Waals surface area (Å²) in [5.74, 6) is 0.719. The van der Waals surface area contributed by atoms with E-state index in [0.29, 0.717) is 6.42 Å². The van der Waals surface area contributed by atoms with Crippen LogP contribution in [0.2, 0.25) is 0 Å². The van der Waals surface area contributed by atoms with Crippen LogP contribution in [-0.2, 0) is 9.53 Å². The second-order valence-corrected chi connectivity index (χ2v) is 5.67. The average Bonchev–Trinajstić information content (AvgIpc) is 3.21. The maximum atomic E-state index is 11.1. The van der Waals surface area contributed by atoms with Crippen molar-refractivity contribution < 1.29 is 9.53 Å². The van der Waals surface area contributed by atoms with Crippen molar-refractivity contribution in [3.8, 4) is 0 Å². The molecular formula is C14H26N2O2. The van der Waals surface area contributed by atoms with E-state index in [0.717, 1.165) is 24.9 Å². The predicted octanol–water partition coefficient (Wildman–Crippen LogP) is 1.40. The van der Waals surface area contributed by atoms with Gasteiger partial charge in [-0.25, -0.2) is 0 Å². The van der Waals surface area contributed by atoms with Gasteiger partial charge in [-0.15, -0.1) is 0 Å². The summed E-state index contributed by atoms with van der Waals surface area (Å²) in [6.45, 7) is 4.61. The Balaban J connectivity index is 1.58. The molecule has 18 heavy (non-hydrogen) atoms. The average molecular weight is 254 g/mol. The van der Waals surface area contributed by atoms with Crippen molar-refractivity contribution in [3.63, 3.8) is 0 Å². The number of carbonyl (C=O) groups is 1. The van der Waals surface area contributed by atoms with E-state index >= 15 is 0 Å². The number of nitrogens with one attached hydrogen (secondary N) is 1. The molecule has 1 N–H and O–H groups in total. The first kappa shape index (κ1) is 13.8. The molecule has 2 aliphatic rings. The zero-order chi connectivity index (χ0) is 12.8. The Morgan fingerprint density at radius 1 is 1.39 bits per heavy atom. The third-order valence-corrected chi connectivity index (χ3v) is 3.96. The summed E-state index contributed by atoms with van der Waals surface area (Å²) in [6, 6.07) is 0.819. The fourth-order valence-electron chi connectivity index (χ4n) is 2.69. The molecule has 1 aliphatic carbocycles. The molecule has 0 aromatic carbocycles. The highest BCUT2D eigenvalue weighted by Crippen LogP contribution is 2.21. The Labute approximate surface area is 110 Å². The van der Waals surface area contributed by atoms with Crippen molar-refractivity contribution in [2.45, 2.75) is 44.6 Å². The van der Waals surface area contributed by atoms with Crippen molar-refractivity contribution in [1.29, 1.82) is 0 Å². The third kappa shape index (κ3) is 4.94. The fraction of sp³-hybridized carbons (Fsp3) is 0.929. The van der Waals surface area contributed by atoms with E-state index < -0.39 is 0 Å². The maximum absolute atomic E-state index is 11.1. The normalized spacial score (nSPS) is 25.1. The Hall–Kier alpha value is -0.610. The quantitative estimate of drug-likeness (QED) is 0.697. The van der Waals surface area contributed by atoms with Gasteiger partial charge in [-0.3, -0.25) is 4.79 Å². The molecule has 4 nitrogen and oxygen atoms in total. The summed E-state index contributed by atoms with van der Waals surface area (Å²) in [5, 5.41) is 3.63. The maximum Gasteiger partial charge on any atom is 0.305 e. The minimum atomic E-state index is -0.0843. The summed E-state index contributed by atoms with van der Waals surface area (Å²) >= 11 is 0. The third-order valence-electron chi connectivity index (χ3n) is 3.96. The molecule has 1 aliphatic heterocycles. The van der Waals surface area contributed by atoms with Crippen molar-refractivity contribution in [3.05, 3.63) is 0 Å². The SMILES string of the molecule is COC(=O)CCCN1CCCC(CNC2CC2)C1. The highest BCUT2D eigenvalue weighted by molar-refractivity contribution is 5.69. The number of carbonyl (C=O) groups excluding carboxylic acids is 1. The Morgan fingerprint density at radius 3 is 2.94 bits per heavy atom. The molecular weight excluding hydrogens is 228 g/mol. The van der Waals surface area contributed by atoms with Crippen LogP contribution in [0.1, 0.15) is 38.5 Å². The predicted molar refractivity (Wildman–Crippen MR) is 71.4 cm³/mol. The van der Waals surface area contributed by atoms with Gasteiger partial charge in [-0.05, 0) is 57.7 Å². The molecule has 1 saturated heterocycles. The summed E-state index contributed by atoms with van der Waals surface area (Å²) in [7, 11) is 1.46. The van der Waals surface area contributed by atoms with Crippen LogP contribution in [0.15, 0.2) is 0 Å². The van der Waals surface area contributed by atoms with E-state index in [2.05, 4.69) is 15.0 Å². The fourth-order valence-corrected chi connectivity index (χ4v) is 2.69. The van der Waals surface area contributed by atoms with Crippen LogP contribution >= 0.6 is 0 Å². The number of nitrogens with zero attached hydrogens (tertiary/aromatic N) is 1. The number of methoxy groups -OCH3 is 1. The minimum Gasteiger partial charge on any atom is -0.469 e. The zero-order valence-electron chi connectivity index (χ0n) is 11.5. The van der Waals surface area contributed by atoms with Crippen LogP contribution in [0.5, 0.6) is 0 Å². The Morgan fingerprint density at radius 2 is 2.22 bits per heavy atom. The van der Waals surface area contributed by atoms with Gasteiger partial charge in [0.1, 0.15) is 0 Å². The smallest absolute Gasteiger partial charge is 0.305 e. The van der Waals surface area contributed by atoms with Gasteiger partial charge >= 0.3 is 5.97 Å². The molecule has 1 saturated carbocycles. The van der Waals surface area contributed by atoms with Crippen molar-refractivity contribution in [2.75, 3.05) is 33.3 Å². The first-order valence-corrected chi connectivity index (χ1v) is 7.30. The number of ether oxygens (including phenoxy) is 1. The highest BCUT2D eigenvalue weighted by atomic mass is 16.5. The van der Waals surface area contributed by atoms with E-state index in [1.54, 1.807) is 0 Å². The van der Waals surface area contributed by atoms with Crippen LogP contribution < -0.4 is 5.32 Å². The highest BCUT2D eigenvalue weighted by Gasteiger charge is 2.24. The first-order valence-electron chi connectivity index (χ1n) is 7.30. The van der Waals surface area contributed by atoms with Gasteiger partial charge in [-0.1, -0.05) is 0 Å². The van der Waals surface area contributed by atoms with E-state index in [4.69, 9.17) is 0 Å². The largest absolute Gasteiger partial charge is 0.469 e. The number of esters is 1. The number of hydrogen-bond acceptors (Lipinski definition) is 4. The van der Waals surface area contributed by atoms with Crippen molar-refractivity contribution >= 4 is 5.97 Å². The zero-order valence-corrected chi connectivity index (χ0v) is 11.5. The summed E-state index contributed by atoms with van der Waals surface area (Å²) < 4.78 is 4.67. The molecule has 2 fully saturated rings. The molecule has 2 rings (SSSR count).